The number of hydrogen-bond donors (Lipinski definition) is 1. The van der Waals surface area contributed by atoms with Crippen molar-refractivity contribution in [2.45, 2.75) is 19.8 Å². The molecule has 1 amide bonds. The Morgan fingerprint density at radius 3 is 2.14 bits per heavy atom. The van der Waals surface area contributed by atoms with E-state index in [1.54, 1.807) is 0 Å². The number of carbonyl (C=O) groups excluding carboxylic acids is 1. The van der Waals surface area contributed by atoms with Crippen molar-refractivity contribution >= 4 is 35.5 Å². The van der Waals surface area contributed by atoms with Crippen LogP contribution in [0.2, 0.25) is 0 Å². The van der Waals surface area contributed by atoms with Crippen LogP contribution in [0.1, 0.15) is 19.8 Å². The summed E-state index contributed by atoms with van der Waals surface area (Å²) in [4.78, 5) is 9.82. The molecule has 3 heteroatoms. The maximum absolute atomic E-state index is 9.82. The summed E-state index contributed by atoms with van der Waals surface area (Å²) in [6.45, 7) is 1.92. The van der Waals surface area contributed by atoms with Crippen LogP contribution in [-0.4, -0.2) is 35.5 Å². The predicted molar refractivity (Wildman–Crippen MR) is 29.9 cm³/mol. The van der Waals surface area contributed by atoms with Crippen LogP contribution < -0.4 is 5.73 Å². The van der Waals surface area contributed by atoms with Crippen LogP contribution in [0.4, 0.5) is 0 Å². The van der Waals surface area contributed by atoms with Crippen LogP contribution in [0.3, 0.4) is 0 Å². The second-order valence-electron chi connectivity index (χ2n) is 1.22. The molecule has 2 N–H and O–H groups in total. The zero-order chi connectivity index (χ0) is 4.99. The van der Waals surface area contributed by atoms with Gasteiger partial charge in [-0.05, 0) is 6.42 Å². The van der Waals surface area contributed by atoms with Crippen molar-refractivity contribution in [1.82, 2.24) is 0 Å². The van der Waals surface area contributed by atoms with E-state index in [4.69, 9.17) is 5.73 Å². The molecule has 0 aromatic carbocycles. The summed E-state index contributed by atoms with van der Waals surface area (Å²) in [6.07, 6.45) is 1.37. The van der Waals surface area contributed by atoms with Crippen molar-refractivity contribution < 1.29 is 4.79 Å². The number of rotatable bonds is 2. The van der Waals surface area contributed by atoms with Crippen LogP contribution in [0.15, 0.2) is 0 Å². The van der Waals surface area contributed by atoms with Gasteiger partial charge in [0, 0.05) is 36.0 Å². The average molecular weight is 110 g/mol. The van der Waals surface area contributed by atoms with E-state index in [1.807, 2.05) is 6.92 Å². The van der Waals surface area contributed by atoms with Gasteiger partial charge < -0.3 is 5.73 Å². The molecule has 0 aliphatic heterocycles. The maximum Gasteiger partial charge on any atom is 0.217 e. The summed E-state index contributed by atoms with van der Waals surface area (Å²) in [5.41, 5.74) is 4.76. The number of carbonyl (C=O) groups is 1. The summed E-state index contributed by atoms with van der Waals surface area (Å²) in [5, 5.41) is 0. The van der Waals surface area contributed by atoms with Gasteiger partial charge in [-0.15, -0.1) is 0 Å². The fourth-order valence-corrected chi connectivity index (χ4v) is 0.246. The molecule has 0 aliphatic rings. The van der Waals surface area contributed by atoms with E-state index in [9.17, 15) is 4.79 Å². The van der Waals surface area contributed by atoms with Gasteiger partial charge in [-0.2, -0.15) is 0 Å². The molecule has 37 valence electrons. The van der Waals surface area contributed by atoms with Gasteiger partial charge in [-0.1, -0.05) is 6.92 Å². The van der Waals surface area contributed by atoms with Gasteiger partial charge in [0.2, 0.25) is 5.91 Å². The zero-order valence-electron chi connectivity index (χ0n) is 4.90. The quantitative estimate of drug-likeness (QED) is 0.495. The van der Waals surface area contributed by atoms with Gasteiger partial charge in [0.15, 0.2) is 0 Å². The molecule has 0 fully saturated rings. The average Bonchev–Trinajstić information content (AvgIpc) is 1.35. The van der Waals surface area contributed by atoms with Crippen molar-refractivity contribution in [2.24, 2.45) is 5.73 Å². The molecule has 2 nitrogen and oxygen atoms in total. The minimum atomic E-state index is -0.211. The number of hydrogen-bond acceptors (Lipinski definition) is 1. The fraction of sp³-hybridized carbons (Fsp3) is 0.750. The Hall–Kier alpha value is 0.470. The van der Waals surface area contributed by atoms with Crippen molar-refractivity contribution in [2.75, 3.05) is 0 Å². The van der Waals surface area contributed by atoms with Gasteiger partial charge in [-0.3, -0.25) is 4.79 Å². The first-order chi connectivity index (χ1) is 2.77. The maximum atomic E-state index is 9.82. The molecule has 0 spiro atoms. The number of amides is 1. The monoisotopic (exact) mass is 110 g/mol. The molecule has 0 bridgehead atoms. The van der Waals surface area contributed by atoms with Crippen molar-refractivity contribution in [1.29, 1.82) is 0 Å². The Morgan fingerprint density at radius 1 is 1.71 bits per heavy atom. The first kappa shape index (κ1) is 10.5. The molecule has 0 heterocycles. The van der Waals surface area contributed by atoms with Crippen LogP contribution in [0, 0.1) is 0 Å². The third-order valence-electron chi connectivity index (χ3n) is 0.496. The standard InChI is InChI=1S/C4H9NO.Na/c1-2-3-4(5)6;/h2-3H2,1H3,(H2,5,6);. The largest absolute Gasteiger partial charge is 0.370 e. The molecule has 0 saturated carbocycles. The Morgan fingerprint density at radius 2 is 2.14 bits per heavy atom. The number of primary amides is 1. The molecule has 0 aliphatic carbocycles. The third kappa shape index (κ3) is 10.7. The van der Waals surface area contributed by atoms with Gasteiger partial charge in [-0.25, -0.2) is 0 Å². The summed E-state index contributed by atoms with van der Waals surface area (Å²) < 4.78 is 0. The normalized spacial score (nSPS) is 7.00. The predicted octanol–water partition coefficient (Wildman–Crippen LogP) is -0.109. The van der Waals surface area contributed by atoms with Crippen LogP contribution in [0.5, 0.6) is 0 Å². The first-order valence-corrected chi connectivity index (χ1v) is 2.05. The molecular formula is C4H9NNaO. The topological polar surface area (TPSA) is 43.1 Å². The zero-order valence-corrected chi connectivity index (χ0v) is 6.90. The third-order valence-corrected chi connectivity index (χ3v) is 0.496. The van der Waals surface area contributed by atoms with E-state index in [0.29, 0.717) is 6.42 Å². The second-order valence-corrected chi connectivity index (χ2v) is 1.22. The Kier molecular flexibility index (Phi) is 9.66. The summed E-state index contributed by atoms with van der Waals surface area (Å²) in [6, 6.07) is 0. The van der Waals surface area contributed by atoms with E-state index in [0.717, 1.165) is 6.42 Å². The SMILES string of the molecule is CCCC(N)=O.[Na]. The molecule has 0 aromatic rings. The molecule has 0 atom stereocenters. The van der Waals surface area contributed by atoms with Crippen LogP contribution >= 0.6 is 0 Å². The van der Waals surface area contributed by atoms with E-state index in [1.165, 1.54) is 0 Å². The van der Waals surface area contributed by atoms with Gasteiger partial charge in [0.1, 0.15) is 0 Å². The van der Waals surface area contributed by atoms with Gasteiger partial charge in [0.25, 0.3) is 0 Å². The number of nitrogens with two attached hydrogens (primary N) is 1. The Bertz CT molecular complexity index is 55.7. The molecule has 0 rings (SSSR count). The van der Waals surface area contributed by atoms with E-state index in [2.05, 4.69) is 0 Å². The minimum absolute atomic E-state index is 0. The minimum Gasteiger partial charge on any atom is -0.370 e. The molecule has 0 unspecified atom stereocenters. The van der Waals surface area contributed by atoms with Crippen molar-refractivity contribution in [3.8, 4) is 0 Å². The summed E-state index contributed by atoms with van der Waals surface area (Å²) in [5.74, 6) is -0.211. The Balaban J connectivity index is 0. The first-order valence-electron chi connectivity index (χ1n) is 2.05. The summed E-state index contributed by atoms with van der Waals surface area (Å²) in [7, 11) is 0. The molecule has 0 saturated heterocycles. The van der Waals surface area contributed by atoms with E-state index < -0.39 is 0 Å². The van der Waals surface area contributed by atoms with E-state index in [-0.39, 0.29) is 35.5 Å². The molecule has 1 radical (unpaired) electrons. The van der Waals surface area contributed by atoms with Gasteiger partial charge in [0.05, 0.1) is 0 Å². The molecule has 0 aromatic heterocycles. The van der Waals surface area contributed by atoms with Crippen LogP contribution in [0.25, 0.3) is 0 Å². The van der Waals surface area contributed by atoms with Crippen molar-refractivity contribution in [3.63, 3.8) is 0 Å². The summed E-state index contributed by atoms with van der Waals surface area (Å²) >= 11 is 0. The molecular weight excluding hydrogens is 101 g/mol. The van der Waals surface area contributed by atoms with Crippen LogP contribution in [-0.2, 0) is 4.79 Å². The fourth-order valence-electron chi connectivity index (χ4n) is 0.246. The second kappa shape index (κ2) is 6.47. The Labute approximate surface area is 65.7 Å². The smallest absolute Gasteiger partial charge is 0.217 e. The van der Waals surface area contributed by atoms with E-state index >= 15 is 0 Å². The molecule has 7 heavy (non-hydrogen) atoms. The van der Waals surface area contributed by atoms with Crippen molar-refractivity contribution in [3.05, 3.63) is 0 Å². The van der Waals surface area contributed by atoms with Gasteiger partial charge >= 0.3 is 0 Å².